The lowest BCUT2D eigenvalue weighted by Gasteiger charge is -2.31. The first kappa shape index (κ1) is 17.3. The van der Waals surface area contributed by atoms with Gasteiger partial charge in [0.2, 0.25) is 5.91 Å². The Morgan fingerprint density at radius 3 is 2.74 bits per heavy atom. The topological polar surface area (TPSA) is 103 Å². The van der Waals surface area contributed by atoms with Crippen LogP contribution in [-0.2, 0) is 4.79 Å². The Bertz CT molecular complexity index is 870. The smallest absolute Gasteiger partial charge is 0.258 e. The number of pyridine rings is 1. The first-order chi connectivity index (χ1) is 13.2. The summed E-state index contributed by atoms with van der Waals surface area (Å²) >= 11 is 0. The number of carbonyl (C=O) groups is 1. The molecule has 0 N–H and O–H groups in total. The Labute approximate surface area is 156 Å². The Morgan fingerprint density at radius 1 is 1.26 bits per heavy atom. The number of amides is 1. The lowest BCUT2D eigenvalue weighted by molar-refractivity contribution is -0.133. The maximum Gasteiger partial charge on any atom is 0.258 e. The van der Waals surface area contributed by atoms with E-state index in [0.717, 1.165) is 18.4 Å². The molecule has 0 spiro atoms. The molecular formula is C18H21N7O2. The molecule has 0 aromatic carbocycles. The van der Waals surface area contributed by atoms with Crippen molar-refractivity contribution >= 4 is 5.91 Å². The number of hydrogen-bond donors (Lipinski definition) is 0. The summed E-state index contributed by atoms with van der Waals surface area (Å²) in [5.74, 6) is 1.57. The summed E-state index contributed by atoms with van der Waals surface area (Å²) in [5.41, 5.74) is 0.860. The van der Waals surface area contributed by atoms with E-state index in [9.17, 15) is 4.79 Å². The predicted octanol–water partition coefficient (Wildman–Crippen LogP) is 2.08. The molecule has 4 rings (SSSR count). The van der Waals surface area contributed by atoms with Crippen molar-refractivity contribution in [2.45, 2.75) is 38.1 Å². The van der Waals surface area contributed by atoms with Crippen LogP contribution in [-0.4, -0.2) is 53.8 Å². The molecule has 0 saturated carbocycles. The van der Waals surface area contributed by atoms with Gasteiger partial charge in [0.05, 0.1) is 6.04 Å². The Morgan fingerprint density at radius 2 is 2.04 bits per heavy atom. The number of carbonyl (C=O) groups excluding carboxylic acids is 1. The summed E-state index contributed by atoms with van der Waals surface area (Å²) in [4.78, 5) is 26.9. The molecule has 27 heavy (non-hydrogen) atoms. The van der Waals surface area contributed by atoms with Crippen LogP contribution in [0.3, 0.4) is 0 Å². The molecule has 1 saturated heterocycles. The van der Waals surface area contributed by atoms with Crippen molar-refractivity contribution in [1.82, 2.24) is 34.8 Å². The minimum absolute atomic E-state index is 0.00199. The van der Waals surface area contributed by atoms with E-state index in [2.05, 4.69) is 25.2 Å². The van der Waals surface area contributed by atoms with Gasteiger partial charge in [0.15, 0.2) is 5.82 Å². The van der Waals surface area contributed by atoms with Gasteiger partial charge >= 0.3 is 0 Å². The molecule has 1 aliphatic rings. The third kappa shape index (κ3) is 3.86. The van der Waals surface area contributed by atoms with Crippen LogP contribution >= 0.6 is 0 Å². The van der Waals surface area contributed by atoms with E-state index in [4.69, 9.17) is 4.52 Å². The van der Waals surface area contributed by atoms with Crippen molar-refractivity contribution in [2.75, 3.05) is 13.1 Å². The summed E-state index contributed by atoms with van der Waals surface area (Å²) in [6.45, 7) is 3.37. The van der Waals surface area contributed by atoms with Gasteiger partial charge in [-0.2, -0.15) is 10.1 Å². The first-order valence-electron chi connectivity index (χ1n) is 9.06. The molecular weight excluding hydrogens is 346 g/mol. The van der Waals surface area contributed by atoms with E-state index >= 15 is 0 Å². The minimum atomic E-state index is -0.00199. The maximum absolute atomic E-state index is 12.5. The SMILES string of the molecule is C[C@H](CC(=O)N1CCC(c2noc(-c3ccncc3)n2)CC1)n1cncn1. The summed E-state index contributed by atoms with van der Waals surface area (Å²) in [7, 11) is 0. The van der Waals surface area contributed by atoms with Crippen molar-refractivity contribution in [1.29, 1.82) is 0 Å². The van der Waals surface area contributed by atoms with Crippen LogP contribution in [0.25, 0.3) is 11.5 Å². The first-order valence-corrected chi connectivity index (χ1v) is 9.06. The van der Waals surface area contributed by atoms with Crippen LogP contribution in [0.15, 0.2) is 41.7 Å². The zero-order valence-corrected chi connectivity index (χ0v) is 15.1. The monoisotopic (exact) mass is 367 g/mol. The van der Waals surface area contributed by atoms with Gasteiger partial charge in [-0.1, -0.05) is 5.16 Å². The third-order valence-corrected chi connectivity index (χ3v) is 4.94. The molecule has 0 bridgehead atoms. The van der Waals surface area contributed by atoms with Crippen LogP contribution in [0.5, 0.6) is 0 Å². The maximum atomic E-state index is 12.5. The second-order valence-corrected chi connectivity index (χ2v) is 6.78. The average molecular weight is 367 g/mol. The normalized spacial score (nSPS) is 16.4. The Kier molecular flexibility index (Phi) is 4.91. The fourth-order valence-corrected chi connectivity index (χ4v) is 3.32. The standard InChI is InChI=1S/C18H21N7O2/c1-13(25-12-20-11-21-25)10-16(26)24-8-4-14(5-9-24)17-22-18(27-23-17)15-2-6-19-7-3-15/h2-3,6-7,11-14H,4-5,8-10H2,1H3/t13-/m1/s1. The van der Waals surface area contributed by atoms with E-state index < -0.39 is 0 Å². The van der Waals surface area contributed by atoms with E-state index in [0.29, 0.717) is 31.2 Å². The quantitative estimate of drug-likeness (QED) is 0.680. The highest BCUT2D eigenvalue weighted by atomic mass is 16.5. The molecule has 4 heterocycles. The molecule has 0 radical (unpaired) electrons. The lowest BCUT2D eigenvalue weighted by Crippen LogP contribution is -2.38. The predicted molar refractivity (Wildman–Crippen MR) is 95.4 cm³/mol. The molecule has 0 aliphatic carbocycles. The number of aromatic nitrogens is 6. The molecule has 140 valence electrons. The molecule has 3 aromatic heterocycles. The number of piperidine rings is 1. The van der Waals surface area contributed by atoms with Gasteiger partial charge in [0.25, 0.3) is 5.89 Å². The molecule has 0 unspecified atom stereocenters. The molecule has 9 heteroatoms. The van der Waals surface area contributed by atoms with Crippen LogP contribution in [0.2, 0.25) is 0 Å². The summed E-state index contributed by atoms with van der Waals surface area (Å²) in [5, 5.41) is 8.24. The second kappa shape index (κ2) is 7.65. The van der Waals surface area contributed by atoms with Crippen LogP contribution in [0.1, 0.15) is 44.0 Å². The number of rotatable bonds is 5. The van der Waals surface area contributed by atoms with Crippen molar-refractivity contribution in [3.8, 4) is 11.5 Å². The number of likely N-dealkylation sites (tertiary alicyclic amines) is 1. The molecule has 3 aromatic rings. The van der Waals surface area contributed by atoms with Gasteiger partial charge in [-0.05, 0) is 31.9 Å². The van der Waals surface area contributed by atoms with E-state index in [-0.39, 0.29) is 17.9 Å². The van der Waals surface area contributed by atoms with Crippen LogP contribution in [0, 0.1) is 0 Å². The molecule has 9 nitrogen and oxygen atoms in total. The Hall–Kier alpha value is -3.10. The van der Waals surface area contributed by atoms with Crippen molar-refractivity contribution < 1.29 is 9.32 Å². The van der Waals surface area contributed by atoms with Crippen molar-refractivity contribution in [3.05, 3.63) is 43.0 Å². The largest absolute Gasteiger partial charge is 0.343 e. The van der Waals surface area contributed by atoms with Gasteiger partial charge in [0.1, 0.15) is 12.7 Å². The summed E-state index contributed by atoms with van der Waals surface area (Å²) in [6.07, 6.45) is 8.60. The fraction of sp³-hybridized carbons (Fsp3) is 0.444. The molecule has 1 amide bonds. The summed E-state index contributed by atoms with van der Waals surface area (Å²) < 4.78 is 7.10. The Balaban J connectivity index is 1.32. The molecule has 1 atom stereocenters. The summed E-state index contributed by atoms with van der Waals surface area (Å²) in [6, 6.07) is 3.68. The zero-order chi connectivity index (χ0) is 18.6. The highest BCUT2D eigenvalue weighted by molar-refractivity contribution is 5.76. The van der Waals surface area contributed by atoms with E-state index in [1.807, 2.05) is 24.0 Å². The second-order valence-electron chi connectivity index (χ2n) is 6.78. The van der Waals surface area contributed by atoms with Gasteiger partial charge in [-0.15, -0.1) is 0 Å². The van der Waals surface area contributed by atoms with E-state index in [1.54, 1.807) is 23.4 Å². The highest BCUT2D eigenvalue weighted by Gasteiger charge is 2.28. The fourth-order valence-electron chi connectivity index (χ4n) is 3.32. The van der Waals surface area contributed by atoms with Crippen LogP contribution < -0.4 is 0 Å². The third-order valence-electron chi connectivity index (χ3n) is 4.94. The van der Waals surface area contributed by atoms with Gasteiger partial charge < -0.3 is 9.42 Å². The van der Waals surface area contributed by atoms with Gasteiger partial charge in [-0.25, -0.2) is 9.67 Å². The zero-order valence-electron chi connectivity index (χ0n) is 15.1. The molecule has 1 fully saturated rings. The molecule has 1 aliphatic heterocycles. The number of nitrogens with zero attached hydrogens (tertiary/aromatic N) is 7. The van der Waals surface area contributed by atoms with Gasteiger partial charge in [0, 0.05) is 43.4 Å². The van der Waals surface area contributed by atoms with Gasteiger partial charge in [-0.3, -0.25) is 9.78 Å². The lowest BCUT2D eigenvalue weighted by atomic mass is 9.95. The van der Waals surface area contributed by atoms with Crippen molar-refractivity contribution in [2.24, 2.45) is 0 Å². The number of hydrogen-bond acceptors (Lipinski definition) is 7. The van der Waals surface area contributed by atoms with E-state index in [1.165, 1.54) is 6.33 Å². The van der Waals surface area contributed by atoms with Crippen LogP contribution in [0.4, 0.5) is 0 Å². The highest BCUT2D eigenvalue weighted by Crippen LogP contribution is 2.28. The van der Waals surface area contributed by atoms with Crippen molar-refractivity contribution in [3.63, 3.8) is 0 Å². The average Bonchev–Trinajstić information content (AvgIpc) is 3.41. The minimum Gasteiger partial charge on any atom is -0.343 e.